The van der Waals surface area contributed by atoms with Gasteiger partial charge in [0, 0.05) is 12.8 Å². The Morgan fingerprint density at radius 3 is 2.36 bits per heavy atom. The van der Waals surface area contributed by atoms with Crippen molar-refractivity contribution in [3.05, 3.63) is 23.4 Å². The van der Waals surface area contributed by atoms with E-state index in [1.807, 2.05) is 19.9 Å². The minimum atomic E-state index is 0.634. The molecule has 3 nitrogen and oxygen atoms in total. The van der Waals surface area contributed by atoms with Gasteiger partial charge in [0.2, 0.25) is 0 Å². The Balaban J connectivity index is 0.000000461. The lowest BCUT2D eigenvalue weighted by Crippen LogP contribution is -1.94. The summed E-state index contributed by atoms with van der Waals surface area (Å²) < 4.78 is 0. The van der Waals surface area contributed by atoms with Crippen molar-refractivity contribution in [3.8, 4) is 6.57 Å². The first-order valence-electron chi connectivity index (χ1n) is 3.15. The first kappa shape index (κ1) is 9.44. The van der Waals surface area contributed by atoms with Gasteiger partial charge in [-0.2, -0.15) is 0 Å². The molecule has 0 spiro atoms. The summed E-state index contributed by atoms with van der Waals surface area (Å²) in [7, 11) is 0. The van der Waals surface area contributed by atoms with Gasteiger partial charge in [0.25, 0.3) is 0 Å². The predicted molar refractivity (Wildman–Crippen MR) is 44.8 cm³/mol. The largest absolute Gasteiger partial charge is 0.383 e. The van der Waals surface area contributed by atoms with Crippen LogP contribution < -0.4 is 5.73 Å². The molecule has 11 heavy (non-hydrogen) atoms. The van der Waals surface area contributed by atoms with Crippen molar-refractivity contribution in [2.75, 3.05) is 5.73 Å². The van der Waals surface area contributed by atoms with E-state index in [-0.39, 0.29) is 0 Å². The van der Waals surface area contributed by atoms with Gasteiger partial charge in [0.15, 0.2) is 0 Å². The third kappa shape index (κ3) is 2.26. The fraction of sp³-hybridized carbons (Fsp3) is 0.250. The highest BCUT2D eigenvalue weighted by Gasteiger charge is 1.94. The number of nitriles is 1. The molecule has 1 aromatic rings. The number of hydrogen-bond donors (Lipinski definition) is 1. The van der Waals surface area contributed by atoms with Crippen LogP contribution in [-0.4, -0.2) is 4.98 Å². The fourth-order valence-electron chi connectivity index (χ4n) is 0.653. The van der Waals surface area contributed by atoms with E-state index in [0.717, 1.165) is 5.56 Å². The van der Waals surface area contributed by atoms with Gasteiger partial charge in [-0.05, 0) is 31.0 Å². The smallest absolute Gasteiger partial charge is 0.126 e. The van der Waals surface area contributed by atoms with E-state index >= 15 is 0 Å². The Morgan fingerprint density at radius 2 is 2.00 bits per heavy atom. The number of aryl methyl sites for hydroxylation is 1. The normalized spacial score (nSPS) is 8.00. The molecular weight excluding hydrogens is 138 g/mol. The van der Waals surface area contributed by atoms with Crippen LogP contribution in [0.1, 0.15) is 11.1 Å². The molecule has 0 fully saturated rings. The molecule has 0 radical (unpaired) electrons. The highest BCUT2D eigenvalue weighted by atomic mass is 14.8. The van der Waals surface area contributed by atoms with Crippen LogP contribution >= 0.6 is 0 Å². The second-order valence-electron chi connectivity index (χ2n) is 2.14. The highest BCUT2D eigenvalue weighted by molar-refractivity contribution is 5.42. The van der Waals surface area contributed by atoms with E-state index in [1.165, 1.54) is 5.56 Å². The maximum atomic E-state index is 6.50. The van der Waals surface area contributed by atoms with Gasteiger partial charge >= 0.3 is 0 Å². The number of hydrogen-bond acceptors (Lipinski definition) is 3. The number of nitrogen functional groups attached to an aromatic ring is 1. The third-order valence-electron chi connectivity index (χ3n) is 1.51. The predicted octanol–water partition coefficient (Wildman–Crippen LogP) is 1.42. The molecule has 1 heterocycles. The maximum Gasteiger partial charge on any atom is 0.126 e. The van der Waals surface area contributed by atoms with Gasteiger partial charge in [0.05, 0.1) is 0 Å². The molecule has 0 unspecified atom stereocenters. The molecule has 0 amide bonds. The molecule has 0 saturated carbocycles. The summed E-state index contributed by atoms with van der Waals surface area (Å²) in [5.41, 5.74) is 7.79. The SMILES string of the molecule is C#N.Cc1ccnc(N)c1C. The van der Waals surface area contributed by atoms with Gasteiger partial charge in [-0.15, -0.1) is 0 Å². The average Bonchev–Trinajstić information content (AvgIpc) is 2.04. The zero-order valence-electron chi connectivity index (χ0n) is 6.70. The highest BCUT2D eigenvalue weighted by Crippen LogP contribution is 2.09. The van der Waals surface area contributed by atoms with Crippen molar-refractivity contribution in [2.45, 2.75) is 13.8 Å². The lowest BCUT2D eigenvalue weighted by Gasteiger charge is -1.99. The summed E-state index contributed by atoms with van der Waals surface area (Å²) in [6.07, 6.45) is 1.72. The zero-order valence-corrected chi connectivity index (χ0v) is 6.70. The van der Waals surface area contributed by atoms with Crippen molar-refractivity contribution in [1.29, 1.82) is 5.26 Å². The molecule has 0 aliphatic rings. The Hall–Kier alpha value is -1.56. The van der Waals surface area contributed by atoms with Crippen LogP contribution in [0.2, 0.25) is 0 Å². The summed E-state index contributed by atoms with van der Waals surface area (Å²) in [5, 5.41) is 6.50. The Bertz CT molecular complexity index is 233. The van der Waals surface area contributed by atoms with Crippen LogP contribution in [0.5, 0.6) is 0 Å². The van der Waals surface area contributed by atoms with Crippen LogP contribution in [-0.2, 0) is 0 Å². The molecule has 1 rings (SSSR count). The molecule has 0 atom stereocenters. The molecule has 3 heteroatoms. The summed E-state index contributed by atoms with van der Waals surface area (Å²) >= 11 is 0. The number of aromatic nitrogens is 1. The first-order chi connectivity index (χ1) is 5.22. The fourth-order valence-corrected chi connectivity index (χ4v) is 0.653. The number of anilines is 1. The average molecular weight is 149 g/mol. The molecule has 0 bridgehead atoms. The van der Waals surface area contributed by atoms with Gasteiger partial charge in [-0.25, -0.2) is 10.2 Å². The van der Waals surface area contributed by atoms with Gasteiger partial charge < -0.3 is 5.73 Å². The van der Waals surface area contributed by atoms with E-state index in [2.05, 4.69) is 11.6 Å². The standard InChI is InChI=1S/C7H10N2.CHN/c1-5-3-4-9-7(8)6(5)2;1-2/h3-4H,1-2H3,(H2,8,9);1H. The molecule has 0 aromatic carbocycles. The van der Waals surface area contributed by atoms with Gasteiger partial charge in [-0.1, -0.05) is 0 Å². The van der Waals surface area contributed by atoms with Crippen LogP contribution in [0.25, 0.3) is 0 Å². The summed E-state index contributed by atoms with van der Waals surface area (Å²) in [6.45, 7) is 7.49. The lowest BCUT2D eigenvalue weighted by atomic mass is 10.2. The number of nitrogens with zero attached hydrogens (tertiary/aromatic N) is 2. The van der Waals surface area contributed by atoms with E-state index in [0.29, 0.717) is 5.82 Å². The second-order valence-corrected chi connectivity index (χ2v) is 2.14. The number of rotatable bonds is 0. The monoisotopic (exact) mass is 149 g/mol. The van der Waals surface area contributed by atoms with E-state index in [4.69, 9.17) is 11.0 Å². The van der Waals surface area contributed by atoms with E-state index < -0.39 is 0 Å². The Kier molecular flexibility index (Phi) is 3.68. The number of nitrogens with two attached hydrogens (primary N) is 1. The second kappa shape index (κ2) is 4.29. The van der Waals surface area contributed by atoms with E-state index in [9.17, 15) is 0 Å². The quantitative estimate of drug-likeness (QED) is 0.606. The van der Waals surface area contributed by atoms with Crippen LogP contribution in [0, 0.1) is 25.7 Å². The van der Waals surface area contributed by atoms with Crippen LogP contribution in [0.15, 0.2) is 12.3 Å². The van der Waals surface area contributed by atoms with Crippen molar-refractivity contribution >= 4 is 5.82 Å². The van der Waals surface area contributed by atoms with E-state index in [1.54, 1.807) is 6.20 Å². The minimum absolute atomic E-state index is 0.634. The minimum Gasteiger partial charge on any atom is -0.383 e. The first-order valence-corrected chi connectivity index (χ1v) is 3.15. The van der Waals surface area contributed by atoms with Crippen molar-refractivity contribution in [3.63, 3.8) is 0 Å². The van der Waals surface area contributed by atoms with Gasteiger partial charge in [0.1, 0.15) is 5.82 Å². The topological polar surface area (TPSA) is 62.7 Å². The Morgan fingerprint density at radius 1 is 1.45 bits per heavy atom. The molecule has 0 aliphatic heterocycles. The molecule has 2 N–H and O–H groups in total. The summed E-state index contributed by atoms with van der Waals surface area (Å²) in [5.74, 6) is 0.634. The Labute approximate surface area is 66.5 Å². The molecule has 0 aliphatic carbocycles. The summed E-state index contributed by atoms with van der Waals surface area (Å²) in [4.78, 5) is 3.92. The zero-order chi connectivity index (χ0) is 8.85. The molecule has 1 aromatic heterocycles. The van der Waals surface area contributed by atoms with Crippen LogP contribution in [0.4, 0.5) is 5.82 Å². The number of pyridine rings is 1. The maximum absolute atomic E-state index is 6.50. The summed E-state index contributed by atoms with van der Waals surface area (Å²) in [6, 6.07) is 1.95. The molecule has 58 valence electrons. The molecular formula is C8H11N3. The lowest BCUT2D eigenvalue weighted by molar-refractivity contribution is 1.23. The van der Waals surface area contributed by atoms with Crippen molar-refractivity contribution in [2.24, 2.45) is 0 Å². The third-order valence-corrected chi connectivity index (χ3v) is 1.51. The van der Waals surface area contributed by atoms with Crippen molar-refractivity contribution in [1.82, 2.24) is 4.98 Å². The molecule has 0 saturated heterocycles. The van der Waals surface area contributed by atoms with Crippen LogP contribution in [0.3, 0.4) is 0 Å². The van der Waals surface area contributed by atoms with Crippen molar-refractivity contribution < 1.29 is 0 Å². The van der Waals surface area contributed by atoms with Gasteiger partial charge in [-0.3, -0.25) is 0 Å².